The van der Waals surface area contributed by atoms with E-state index in [2.05, 4.69) is 10.6 Å². The van der Waals surface area contributed by atoms with Gasteiger partial charge in [-0.15, -0.1) is 0 Å². The zero-order valence-electron chi connectivity index (χ0n) is 12.4. The Labute approximate surface area is 120 Å². The quantitative estimate of drug-likeness (QED) is 0.673. The van der Waals surface area contributed by atoms with Gasteiger partial charge in [0, 0.05) is 25.3 Å². The van der Waals surface area contributed by atoms with Crippen molar-refractivity contribution >= 4 is 5.91 Å². The molecule has 5 heteroatoms. The van der Waals surface area contributed by atoms with Gasteiger partial charge in [0.2, 0.25) is 5.91 Å². The number of methoxy groups -OCH3 is 1. The molecule has 1 atom stereocenters. The van der Waals surface area contributed by atoms with Crippen molar-refractivity contribution in [1.82, 2.24) is 10.6 Å². The van der Waals surface area contributed by atoms with E-state index in [1.54, 1.807) is 7.11 Å². The minimum Gasteiger partial charge on any atom is -0.494 e. The van der Waals surface area contributed by atoms with Gasteiger partial charge in [0.25, 0.3) is 0 Å². The maximum atomic E-state index is 11.6. The second-order valence-corrected chi connectivity index (χ2v) is 4.42. The molecule has 0 aliphatic heterocycles. The molecule has 0 radical (unpaired) electrons. The molecule has 1 rings (SSSR count). The summed E-state index contributed by atoms with van der Waals surface area (Å²) in [7, 11) is 1.61. The molecule has 0 heterocycles. The molecule has 0 aliphatic rings. The predicted octanol–water partition coefficient (Wildman–Crippen LogP) is 1.50. The molecular formula is C15H24N2O3. The monoisotopic (exact) mass is 280 g/mol. The molecule has 0 saturated heterocycles. The number of rotatable bonds is 9. The lowest BCUT2D eigenvalue weighted by Gasteiger charge is -2.17. The largest absolute Gasteiger partial charge is 0.494 e. The zero-order chi connectivity index (χ0) is 14.8. The van der Waals surface area contributed by atoms with Crippen molar-refractivity contribution in [3.05, 3.63) is 29.8 Å². The maximum Gasteiger partial charge on any atom is 0.234 e. The number of benzene rings is 1. The summed E-state index contributed by atoms with van der Waals surface area (Å²) in [5, 5.41) is 5.96. The van der Waals surface area contributed by atoms with E-state index in [-0.39, 0.29) is 18.5 Å². The molecular weight excluding hydrogens is 256 g/mol. The standard InChI is InChI=1S/C15H24N2O3/c1-4-20-14-8-6-5-7-13(14)12(2)17-11-15(18)16-9-10-19-3/h5-8,12,17H,4,9-11H2,1-3H3,(H,16,18). The van der Waals surface area contributed by atoms with E-state index in [9.17, 15) is 4.79 Å². The van der Waals surface area contributed by atoms with E-state index in [1.165, 1.54) is 0 Å². The molecule has 1 unspecified atom stereocenters. The fourth-order valence-electron chi connectivity index (χ4n) is 1.84. The van der Waals surface area contributed by atoms with Crippen LogP contribution >= 0.6 is 0 Å². The SMILES string of the molecule is CCOc1ccccc1C(C)NCC(=O)NCCOC. The lowest BCUT2D eigenvalue weighted by Crippen LogP contribution is -2.36. The first-order valence-corrected chi connectivity index (χ1v) is 6.89. The molecule has 1 aromatic rings. The van der Waals surface area contributed by atoms with Gasteiger partial charge < -0.3 is 20.1 Å². The van der Waals surface area contributed by atoms with Crippen molar-refractivity contribution in [1.29, 1.82) is 0 Å². The number of hydrogen-bond donors (Lipinski definition) is 2. The van der Waals surface area contributed by atoms with Gasteiger partial charge in [0.15, 0.2) is 0 Å². The molecule has 0 spiro atoms. The third-order valence-corrected chi connectivity index (χ3v) is 2.88. The van der Waals surface area contributed by atoms with Crippen LogP contribution < -0.4 is 15.4 Å². The Morgan fingerprint density at radius 1 is 1.35 bits per heavy atom. The van der Waals surface area contributed by atoms with Gasteiger partial charge in [-0.1, -0.05) is 18.2 Å². The Hall–Kier alpha value is -1.59. The molecule has 112 valence electrons. The average molecular weight is 280 g/mol. The second kappa shape index (κ2) is 9.34. The predicted molar refractivity (Wildman–Crippen MR) is 78.9 cm³/mol. The van der Waals surface area contributed by atoms with Gasteiger partial charge in [-0.2, -0.15) is 0 Å². The van der Waals surface area contributed by atoms with Crippen molar-refractivity contribution < 1.29 is 14.3 Å². The highest BCUT2D eigenvalue weighted by Crippen LogP contribution is 2.24. The van der Waals surface area contributed by atoms with Gasteiger partial charge in [0.05, 0.1) is 19.8 Å². The van der Waals surface area contributed by atoms with Crippen molar-refractivity contribution in [3.63, 3.8) is 0 Å². The van der Waals surface area contributed by atoms with E-state index in [0.29, 0.717) is 19.8 Å². The minimum absolute atomic E-state index is 0.0391. The van der Waals surface area contributed by atoms with Crippen molar-refractivity contribution in [2.75, 3.05) is 33.4 Å². The number of ether oxygens (including phenoxy) is 2. The lowest BCUT2D eigenvalue weighted by atomic mass is 10.1. The van der Waals surface area contributed by atoms with E-state index in [4.69, 9.17) is 9.47 Å². The van der Waals surface area contributed by atoms with Crippen molar-refractivity contribution in [2.24, 2.45) is 0 Å². The molecule has 0 aromatic heterocycles. The normalized spacial score (nSPS) is 11.9. The first-order valence-electron chi connectivity index (χ1n) is 6.89. The highest BCUT2D eigenvalue weighted by atomic mass is 16.5. The Balaban J connectivity index is 2.46. The number of hydrogen-bond acceptors (Lipinski definition) is 4. The van der Waals surface area contributed by atoms with E-state index >= 15 is 0 Å². The Bertz CT molecular complexity index is 410. The van der Waals surface area contributed by atoms with E-state index in [0.717, 1.165) is 11.3 Å². The molecule has 1 aromatic carbocycles. The molecule has 0 bridgehead atoms. The molecule has 20 heavy (non-hydrogen) atoms. The number of carbonyl (C=O) groups excluding carboxylic acids is 1. The first kappa shape index (κ1) is 16.5. The molecule has 0 fully saturated rings. The number of para-hydroxylation sites is 1. The van der Waals surface area contributed by atoms with Crippen LogP contribution in [0.1, 0.15) is 25.5 Å². The Morgan fingerprint density at radius 3 is 2.80 bits per heavy atom. The van der Waals surface area contributed by atoms with E-state index in [1.807, 2.05) is 38.1 Å². The van der Waals surface area contributed by atoms with Crippen LogP contribution in [-0.4, -0.2) is 39.3 Å². The number of amides is 1. The third kappa shape index (κ3) is 5.59. The van der Waals surface area contributed by atoms with Gasteiger partial charge in [-0.3, -0.25) is 4.79 Å². The van der Waals surface area contributed by atoms with Crippen LogP contribution in [0.5, 0.6) is 5.75 Å². The van der Waals surface area contributed by atoms with Crippen molar-refractivity contribution in [3.8, 4) is 5.75 Å². The van der Waals surface area contributed by atoms with Gasteiger partial charge >= 0.3 is 0 Å². The lowest BCUT2D eigenvalue weighted by molar-refractivity contribution is -0.120. The van der Waals surface area contributed by atoms with Crippen LogP contribution in [-0.2, 0) is 9.53 Å². The Morgan fingerprint density at radius 2 is 2.10 bits per heavy atom. The minimum atomic E-state index is -0.0391. The van der Waals surface area contributed by atoms with Crippen LogP contribution in [0.4, 0.5) is 0 Å². The molecule has 2 N–H and O–H groups in total. The van der Waals surface area contributed by atoms with Gasteiger partial charge in [-0.05, 0) is 19.9 Å². The summed E-state index contributed by atoms with van der Waals surface area (Å²) in [5.74, 6) is 0.817. The van der Waals surface area contributed by atoms with Crippen LogP contribution in [0, 0.1) is 0 Å². The fourth-order valence-corrected chi connectivity index (χ4v) is 1.84. The first-order chi connectivity index (χ1) is 9.69. The highest BCUT2D eigenvalue weighted by molar-refractivity contribution is 5.78. The highest BCUT2D eigenvalue weighted by Gasteiger charge is 2.11. The summed E-state index contributed by atoms with van der Waals surface area (Å²) in [6.45, 7) is 5.92. The summed E-state index contributed by atoms with van der Waals surface area (Å²) in [5.41, 5.74) is 1.05. The van der Waals surface area contributed by atoms with Gasteiger partial charge in [-0.25, -0.2) is 0 Å². The summed E-state index contributed by atoms with van der Waals surface area (Å²) < 4.78 is 10.5. The van der Waals surface area contributed by atoms with E-state index < -0.39 is 0 Å². The van der Waals surface area contributed by atoms with Crippen LogP contribution in [0.25, 0.3) is 0 Å². The maximum absolute atomic E-state index is 11.6. The smallest absolute Gasteiger partial charge is 0.234 e. The summed E-state index contributed by atoms with van der Waals surface area (Å²) >= 11 is 0. The van der Waals surface area contributed by atoms with Crippen LogP contribution in [0.15, 0.2) is 24.3 Å². The second-order valence-electron chi connectivity index (χ2n) is 4.42. The average Bonchev–Trinajstić information content (AvgIpc) is 2.46. The fraction of sp³-hybridized carbons (Fsp3) is 0.533. The summed E-state index contributed by atoms with van der Waals surface area (Å²) in [4.78, 5) is 11.6. The Kier molecular flexibility index (Phi) is 7.69. The molecule has 5 nitrogen and oxygen atoms in total. The molecule has 0 saturated carbocycles. The zero-order valence-corrected chi connectivity index (χ0v) is 12.4. The summed E-state index contributed by atoms with van der Waals surface area (Å²) in [6.07, 6.45) is 0. The van der Waals surface area contributed by atoms with Crippen LogP contribution in [0.2, 0.25) is 0 Å². The number of carbonyl (C=O) groups is 1. The molecule has 0 aliphatic carbocycles. The topological polar surface area (TPSA) is 59.6 Å². The summed E-state index contributed by atoms with van der Waals surface area (Å²) in [6, 6.07) is 7.90. The van der Waals surface area contributed by atoms with Crippen molar-refractivity contribution in [2.45, 2.75) is 19.9 Å². The molecule has 1 amide bonds. The number of nitrogens with one attached hydrogen (secondary N) is 2. The van der Waals surface area contributed by atoms with Crippen LogP contribution in [0.3, 0.4) is 0 Å². The third-order valence-electron chi connectivity index (χ3n) is 2.88. The van der Waals surface area contributed by atoms with Gasteiger partial charge in [0.1, 0.15) is 5.75 Å².